The molecule has 3 unspecified atom stereocenters. The predicted molar refractivity (Wildman–Crippen MR) is 33.6 cm³/mol. The molecule has 1 aliphatic rings. The number of hydrogen-bond donors (Lipinski definition) is 1. The summed E-state index contributed by atoms with van der Waals surface area (Å²) in [5, 5.41) is 9.02. The summed E-state index contributed by atoms with van der Waals surface area (Å²) >= 11 is 0. The fraction of sp³-hybridized carbons (Fsp3) is 1.00. The summed E-state index contributed by atoms with van der Waals surface area (Å²) in [5.74, 6) is 1.38. The normalized spacial score (nSPS) is 46.1. The van der Waals surface area contributed by atoms with Gasteiger partial charge in [0.2, 0.25) is 0 Å². The summed E-state index contributed by atoms with van der Waals surface area (Å²) < 4.78 is 0. The lowest BCUT2D eigenvalue weighted by molar-refractivity contribution is -0.0242. The van der Waals surface area contributed by atoms with Crippen molar-refractivity contribution in [1.82, 2.24) is 0 Å². The van der Waals surface area contributed by atoms with Crippen LogP contribution in [0.1, 0.15) is 26.7 Å². The lowest BCUT2D eigenvalue weighted by Gasteiger charge is -2.38. The molecule has 0 aromatic rings. The molecule has 0 bridgehead atoms. The minimum atomic E-state index is 0.0138. The molecule has 0 heterocycles. The van der Waals surface area contributed by atoms with E-state index in [1.54, 1.807) is 0 Å². The molecule has 0 saturated heterocycles. The molecule has 1 nitrogen and oxygen atoms in total. The molecule has 0 aliphatic heterocycles. The molecule has 1 N–H and O–H groups in total. The van der Waals surface area contributed by atoms with Crippen molar-refractivity contribution >= 4 is 0 Å². The van der Waals surface area contributed by atoms with Gasteiger partial charge in [-0.25, -0.2) is 0 Å². The van der Waals surface area contributed by atoms with E-state index in [1.165, 1.54) is 6.42 Å². The van der Waals surface area contributed by atoms with Crippen LogP contribution in [0.4, 0.5) is 0 Å². The van der Waals surface area contributed by atoms with Crippen LogP contribution in [0.15, 0.2) is 0 Å². The smallest absolute Gasteiger partial charge is 0.0571 e. The SMILES string of the molecule is CCC1CC(O)C1C. The highest BCUT2D eigenvalue weighted by Gasteiger charge is 2.34. The first-order valence-electron chi connectivity index (χ1n) is 3.43. The molecule has 1 aliphatic carbocycles. The second kappa shape index (κ2) is 2.06. The average molecular weight is 114 g/mol. The zero-order valence-corrected chi connectivity index (χ0v) is 5.59. The molecule has 0 radical (unpaired) electrons. The maximum atomic E-state index is 9.02. The van der Waals surface area contributed by atoms with Crippen molar-refractivity contribution in [2.45, 2.75) is 32.8 Å². The van der Waals surface area contributed by atoms with E-state index in [2.05, 4.69) is 13.8 Å². The van der Waals surface area contributed by atoms with E-state index in [1.807, 2.05) is 0 Å². The fourth-order valence-corrected chi connectivity index (χ4v) is 1.40. The largest absolute Gasteiger partial charge is 0.393 e. The van der Waals surface area contributed by atoms with Crippen molar-refractivity contribution in [3.63, 3.8) is 0 Å². The van der Waals surface area contributed by atoms with Gasteiger partial charge in [0.25, 0.3) is 0 Å². The van der Waals surface area contributed by atoms with Crippen molar-refractivity contribution in [3.05, 3.63) is 0 Å². The van der Waals surface area contributed by atoms with Crippen LogP contribution in [-0.4, -0.2) is 11.2 Å². The maximum Gasteiger partial charge on any atom is 0.0571 e. The Morgan fingerprint density at radius 1 is 1.62 bits per heavy atom. The zero-order valence-electron chi connectivity index (χ0n) is 5.59. The highest BCUT2D eigenvalue weighted by Crippen LogP contribution is 2.35. The number of aliphatic hydroxyl groups is 1. The van der Waals surface area contributed by atoms with Gasteiger partial charge < -0.3 is 5.11 Å². The molecule has 0 aromatic carbocycles. The highest BCUT2D eigenvalue weighted by atomic mass is 16.3. The van der Waals surface area contributed by atoms with Crippen molar-refractivity contribution in [3.8, 4) is 0 Å². The van der Waals surface area contributed by atoms with Crippen molar-refractivity contribution in [2.24, 2.45) is 11.8 Å². The Morgan fingerprint density at radius 3 is 2.38 bits per heavy atom. The van der Waals surface area contributed by atoms with Gasteiger partial charge in [0.1, 0.15) is 0 Å². The number of aliphatic hydroxyl groups excluding tert-OH is 1. The summed E-state index contributed by atoms with van der Waals surface area (Å²) in [6, 6.07) is 0. The monoisotopic (exact) mass is 114 g/mol. The molecule has 0 amide bonds. The van der Waals surface area contributed by atoms with Crippen molar-refractivity contribution in [1.29, 1.82) is 0 Å². The topological polar surface area (TPSA) is 20.2 Å². The Labute approximate surface area is 50.7 Å². The molecule has 1 saturated carbocycles. The number of rotatable bonds is 1. The van der Waals surface area contributed by atoms with E-state index in [-0.39, 0.29) is 6.10 Å². The van der Waals surface area contributed by atoms with Crippen LogP contribution in [0.2, 0.25) is 0 Å². The Morgan fingerprint density at radius 2 is 2.25 bits per heavy atom. The van der Waals surface area contributed by atoms with Crippen LogP contribution in [0, 0.1) is 11.8 Å². The van der Waals surface area contributed by atoms with Crippen molar-refractivity contribution < 1.29 is 5.11 Å². The zero-order chi connectivity index (χ0) is 6.15. The lowest BCUT2D eigenvalue weighted by atomic mass is 9.71. The number of hydrogen-bond acceptors (Lipinski definition) is 1. The molecule has 3 atom stereocenters. The second-order valence-electron chi connectivity index (χ2n) is 2.83. The molecule has 1 heteroatoms. The summed E-state index contributed by atoms with van der Waals surface area (Å²) in [7, 11) is 0. The van der Waals surface area contributed by atoms with Gasteiger partial charge in [-0.3, -0.25) is 0 Å². The Hall–Kier alpha value is -0.0400. The summed E-state index contributed by atoms with van der Waals surface area (Å²) in [6.45, 7) is 4.31. The Bertz CT molecular complexity index is 80.5. The highest BCUT2D eigenvalue weighted by molar-refractivity contribution is 4.84. The van der Waals surface area contributed by atoms with E-state index >= 15 is 0 Å². The molecular weight excluding hydrogens is 100 g/mol. The standard InChI is InChI=1S/C7H14O/c1-3-6-4-7(8)5(6)2/h5-8H,3-4H2,1-2H3. The summed E-state index contributed by atoms with van der Waals surface area (Å²) in [6.07, 6.45) is 2.29. The summed E-state index contributed by atoms with van der Waals surface area (Å²) in [4.78, 5) is 0. The van der Waals surface area contributed by atoms with E-state index in [9.17, 15) is 0 Å². The van der Waals surface area contributed by atoms with Crippen LogP contribution in [0.25, 0.3) is 0 Å². The van der Waals surface area contributed by atoms with Gasteiger partial charge in [-0.05, 0) is 18.3 Å². The van der Waals surface area contributed by atoms with E-state index in [0.717, 1.165) is 12.3 Å². The predicted octanol–water partition coefficient (Wildman–Crippen LogP) is 1.41. The quantitative estimate of drug-likeness (QED) is 0.546. The molecule has 48 valence electrons. The third kappa shape index (κ3) is 0.752. The van der Waals surface area contributed by atoms with E-state index in [4.69, 9.17) is 5.11 Å². The van der Waals surface area contributed by atoms with E-state index < -0.39 is 0 Å². The molecule has 0 aromatic heterocycles. The van der Waals surface area contributed by atoms with E-state index in [0.29, 0.717) is 5.92 Å². The van der Waals surface area contributed by atoms with Gasteiger partial charge in [-0.2, -0.15) is 0 Å². The minimum Gasteiger partial charge on any atom is -0.393 e. The minimum absolute atomic E-state index is 0.0138. The Kier molecular flexibility index (Phi) is 1.57. The molecule has 1 fully saturated rings. The molecule has 8 heavy (non-hydrogen) atoms. The third-order valence-corrected chi connectivity index (χ3v) is 2.42. The van der Waals surface area contributed by atoms with Crippen LogP contribution < -0.4 is 0 Å². The van der Waals surface area contributed by atoms with Gasteiger partial charge in [0, 0.05) is 0 Å². The first-order chi connectivity index (χ1) is 3.75. The van der Waals surface area contributed by atoms with Gasteiger partial charge in [0.05, 0.1) is 6.10 Å². The van der Waals surface area contributed by atoms with Crippen LogP contribution in [0.3, 0.4) is 0 Å². The lowest BCUT2D eigenvalue weighted by Crippen LogP contribution is -2.38. The van der Waals surface area contributed by atoms with Gasteiger partial charge in [-0.1, -0.05) is 20.3 Å². The Balaban J connectivity index is 2.25. The molecule has 0 spiro atoms. The molecule has 1 rings (SSSR count). The van der Waals surface area contributed by atoms with Crippen LogP contribution in [-0.2, 0) is 0 Å². The van der Waals surface area contributed by atoms with Crippen LogP contribution in [0.5, 0.6) is 0 Å². The van der Waals surface area contributed by atoms with Gasteiger partial charge in [0.15, 0.2) is 0 Å². The average Bonchev–Trinajstić information content (AvgIpc) is 1.81. The third-order valence-electron chi connectivity index (χ3n) is 2.42. The van der Waals surface area contributed by atoms with Gasteiger partial charge >= 0.3 is 0 Å². The molecular formula is C7H14O. The summed E-state index contributed by atoms with van der Waals surface area (Å²) in [5.41, 5.74) is 0. The fourth-order valence-electron chi connectivity index (χ4n) is 1.40. The second-order valence-corrected chi connectivity index (χ2v) is 2.83. The first-order valence-corrected chi connectivity index (χ1v) is 3.43. The van der Waals surface area contributed by atoms with Crippen molar-refractivity contribution in [2.75, 3.05) is 0 Å². The van der Waals surface area contributed by atoms with Gasteiger partial charge in [-0.15, -0.1) is 0 Å². The maximum absolute atomic E-state index is 9.02. The van der Waals surface area contributed by atoms with Crippen LogP contribution >= 0.6 is 0 Å². The first kappa shape index (κ1) is 6.09.